The lowest BCUT2D eigenvalue weighted by molar-refractivity contribution is -0.137. The van der Waals surface area contributed by atoms with Crippen LogP contribution in [0, 0.1) is 5.92 Å². The van der Waals surface area contributed by atoms with Gasteiger partial charge < -0.3 is 10.2 Å². The van der Waals surface area contributed by atoms with Gasteiger partial charge in [-0.25, -0.2) is 0 Å². The van der Waals surface area contributed by atoms with Crippen molar-refractivity contribution in [3.8, 4) is 0 Å². The number of nitrogens with zero attached hydrogens (tertiary/aromatic N) is 1. The van der Waals surface area contributed by atoms with E-state index in [1.54, 1.807) is 12.1 Å². The fourth-order valence-corrected chi connectivity index (χ4v) is 4.21. The van der Waals surface area contributed by atoms with Gasteiger partial charge in [0, 0.05) is 24.7 Å². The molecule has 25 heavy (non-hydrogen) atoms. The number of nitrogens with one attached hydrogen (secondary N) is 1. The van der Waals surface area contributed by atoms with E-state index in [9.17, 15) is 18.0 Å². The van der Waals surface area contributed by atoms with E-state index in [0.717, 1.165) is 37.1 Å². The lowest BCUT2D eigenvalue weighted by Gasteiger charge is -2.34. The molecule has 2 saturated heterocycles. The summed E-state index contributed by atoms with van der Waals surface area (Å²) < 4.78 is 38.0. The number of fused-ring (bicyclic) bond motifs is 1. The second kappa shape index (κ2) is 6.48. The van der Waals surface area contributed by atoms with Crippen LogP contribution in [0.25, 0.3) is 0 Å². The van der Waals surface area contributed by atoms with Gasteiger partial charge in [0.2, 0.25) is 5.91 Å². The summed E-state index contributed by atoms with van der Waals surface area (Å²) in [5.74, 6) is 0.449. The molecule has 1 aromatic carbocycles. The predicted octanol–water partition coefficient (Wildman–Crippen LogP) is 3.40. The summed E-state index contributed by atoms with van der Waals surface area (Å²) in [6.07, 6.45) is -0.372. The van der Waals surface area contributed by atoms with Crippen LogP contribution in [0.1, 0.15) is 30.9 Å². The van der Waals surface area contributed by atoms with Gasteiger partial charge in [-0.2, -0.15) is 13.2 Å². The number of likely N-dealkylation sites (tertiary alicyclic amines) is 1. The molecule has 0 radical (unpaired) electrons. The van der Waals surface area contributed by atoms with Crippen molar-refractivity contribution >= 4 is 5.91 Å². The van der Waals surface area contributed by atoms with Crippen LogP contribution in [0.2, 0.25) is 0 Å². The Kier molecular flexibility index (Phi) is 4.66. The van der Waals surface area contributed by atoms with E-state index in [2.05, 4.69) is 18.8 Å². The Morgan fingerprint density at radius 2 is 2.08 bits per heavy atom. The predicted molar refractivity (Wildman–Crippen MR) is 90.0 cm³/mol. The van der Waals surface area contributed by atoms with Gasteiger partial charge in [-0.1, -0.05) is 18.7 Å². The summed E-state index contributed by atoms with van der Waals surface area (Å²) in [6.45, 7) is 7.06. The lowest BCUT2D eigenvalue weighted by atomic mass is 9.84. The molecule has 1 aromatic rings. The Hall–Kier alpha value is -1.82. The van der Waals surface area contributed by atoms with Crippen molar-refractivity contribution in [2.75, 3.05) is 13.1 Å². The molecule has 0 aliphatic carbocycles. The maximum Gasteiger partial charge on any atom is 0.416 e. The minimum absolute atomic E-state index is 0.0448. The molecule has 0 spiro atoms. The molecule has 3 unspecified atom stereocenters. The molecule has 1 N–H and O–H groups in total. The van der Waals surface area contributed by atoms with Crippen molar-refractivity contribution in [3.05, 3.63) is 48.0 Å². The zero-order chi connectivity index (χ0) is 18.2. The Labute approximate surface area is 145 Å². The lowest BCUT2D eigenvalue weighted by Crippen LogP contribution is -2.51. The number of amides is 1. The third-order valence-electron chi connectivity index (χ3n) is 5.36. The minimum Gasteiger partial charge on any atom is -0.338 e. The molecule has 2 heterocycles. The fourth-order valence-electron chi connectivity index (χ4n) is 4.21. The Morgan fingerprint density at radius 1 is 1.40 bits per heavy atom. The number of rotatable bonds is 3. The summed E-state index contributed by atoms with van der Waals surface area (Å²) >= 11 is 0. The smallest absolute Gasteiger partial charge is 0.338 e. The first-order chi connectivity index (χ1) is 11.7. The van der Waals surface area contributed by atoms with E-state index in [-0.39, 0.29) is 17.5 Å². The molecule has 1 amide bonds. The molecule has 6 heteroatoms. The van der Waals surface area contributed by atoms with Gasteiger partial charge in [0.15, 0.2) is 0 Å². The van der Waals surface area contributed by atoms with Crippen LogP contribution in [-0.4, -0.2) is 35.5 Å². The van der Waals surface area contributed by atoms with Gasteiger partial charge in [-0.05, 0) is 55.9 Å². The van der Waals surface area contributed by atoms with Crippen molar-refractivity contribution < 1.29 is 18.0 Å². The SMILES string of the molecule is C=CC(=O)N1CCC2CC(C)(Cc3ccc(C(F)(F)F)cc3)NC2C1. The van der Waals surface area contributed by atoms with E-state index >= 15 is 0 Å². The summed E-state index contributed by atoms with van der Waals surface area (Å²) in [5, 5.41) is 3.62. The summed E-state index contributed by atoms with van der Waals surface area (Å²) in [7, 11) is 0. The normalized spacial score (nSPS) is 29.4. The first kappa shape index (κ1) is 18.0. The monoisotopic (exact) mass is 352 g/mol. The average Bonchev–Trinajstić information content (AvgIpc) is 2.88. The van der Waals surface area contributed by atoms with Crippen LogP contribution in [0.4, 0.5) is 13.2 Å². The second-order valence-electron chi connectivity index (χ2n) is 7.42. The zero-order valence-corrected chi connectivity index (χ0v) is 14.3. The van der Waals surface area contributed by atoms with Crippen molar-refractivity contribution in [1.82, 2.24) is 10.2 Å². The standard InChI is InChI=1S/C19H23F3N2O/c1-3-17(25)24-9-8-14-11-18(2,23-16(14)12-24)10-13-4-6-15(7-5-13)19(20,21)22/h3-7,14,16,23H,1,8-12H2,2H3. The largest absolute Gasteiger partial charge is 0.416 e. The number of halogens is 3. The summed E-state index contributed by atoms with van der Waals surface area (Å²) in [5.41, 5.74) is 0.108. The number of alkyl halides is 3. The molecule has 3 atom stereocenters. The molecule has 0 aromatic heterocycles. The molecule has 3 rings (SSSR count). The van der Waals surface area contributed by atoms with Crippen LogP contribution in [0.5, 0.6) is 0 Å². The molecule has 2 fully saturated rings. The summed E-state index contributed by atoms with van der Waals surface area (Å²) in [6, 6.07) is 5.64. The van der Waals surface area contributed by atoms with Crippen molar-refractivity contribution in [2.24, 2.45) is 5.92 Å². The number of carbonyl (C=O) groups is 1. The molecule has 2 aliphatic heterocycles. The fraction of sp³-hybridized carbons (Fsp3) is 0.526. The molecule has 136 valence electrons. The van der Waals surface area contributed by atoms with Crippen molar-refractivity contribution in [1.29, 1.82) is 0 Å². The van der Waals surface area contributed by atoms with Crippen LogP contribution in [0.15, 0.2) is 36.9 Å². The van der Waals surface area contributed by atoms with Gasteiger partial charge in [-0.3, -0.25) is 4.79 Å². The topological polar surface area (TPSA) is 32.3 Å². The van der Waals surface area contributed by atoms with Gasteiger partial charge in [0.1, 0.15) is 0 Å². The van der Waals surface area contributed by atoms with E-state index in [1.807, 2.05) is 4.90 Å². The Morgan fingerprint density at radius 3 is 2.68 bits per heavy atom. The maximum absolute atomic E-state index is 12.7. The number of piperidine rings is 1. The quantitative estimate of drug-likeness (QED) is 0.846. The highest BCUT2D eigenvalue weighted by Crippen LogP contribution is 2.37. The number of benzene rings is 1. The van der Waals surface area contributed by atoms with Crippen LogP contribution >= 0.6 is 0 Å². The first-order valence-electron chi connectivity index (χ1n) is 8.55. The molecule has 0 saturated carbocycles. The van der Waals surface area contributed by atoms with Crippen molar-refractivity contribution in [2.45, 2.75) is 43.9 Å². The first-order valence-corrected chi connectivity index (χ1v) is 8.55. The Bertz CT molecular complexity index is 656. The second-order valence-corrected chi connectivity index (χ2v) is 7.42. The Balaban J connectivity index is 1.66. The molecule has 0 bridgehead atoms. The zero-order valence-electron chi connectivity index (χ0n) is 14.3. The van der Waals surface area contributed by atoms with Crippen LogP contribution in [-0.2, 0) is 17.4 Å². The number of hydrogen-bond acceptors (Lipinski definition) is 2. The highest BCUT2D eigenvalue weighted by atomic mass is 19.4. The maximum atomic E-state index is 12.7. The number of carbonyl (C=O) groups excluding carboxylic acids is 1. The molecular formula is C19H23F3N2O. The highest BCUT2D eigenvalue weighted by Gasteiger charge is 2.44. The van der Waals surface area contributed by atoms with E-state index in [0.29, 0.717) is 18.9 Å². The molecule has 3 nitrogen and oxygen atoms in total. The minimum atomic E-state index is -4.30. The third kappa shape index (κ3) is 3.89. The van der Waals surface area contributed by atoms with Gasteiger partial charge in [0.05, 0.1) is 5.56 Å². The molecular weight excluding hydrogens is 329 g/mol. The summed E-state index contributed by atoms with van der Waals surface area (Å²) in [4.78, 5) is 13.6. The van der Waals surface area contributed by atoms with Crippen molar-refractivity contribution in [3.63, 3.8) is 0 Å². The highest BCUT2D eigenvalue weighted by molar-refractivity contribution is 5.87. The van der Waals surface area contributed by atoms with E-state index < -0.39 is 11.7 Å². The van der Waals surface area contributed by atoms with Crippen LogP contribution in [0.3, 0.4) is 0 Å². The third-order valence-corrected chi connectivity index (χ3v) is 5.36. The van der Waals surface area contributed by atoms with Gasteiger partial charge in [-0.15, -0.1) is 0 Å². The number of hydrogen-bond donors (Lipinski definition) is 1. The van der Waals surface area contributed by atoms with Gasteiger partial charge in [0.25, 0.3) is 0 Å². The van der Waals surface area contributed by atoms with E-state index in [1.165, 1.54) is 6.08 Å². The average molecular weight is 352 g/mol. The van der Waals surface area contributed by atoms with Crippen LogP contribution < -0.4 is 5.32 Å². The molecule has 2 aliphatic rings. The van der Waals surface area contributed by atoms with Gasteiger partial charge >= 0.3 is 6.18 Å². The van der Waals surface area contributed by atoms with E-state index in [4.69, 9.17) is 0 Å².